The fourth-order valence-corrected chi connectivity index (χ4v) is 2.82. The van der Waals surface area contributed by atoms with Crippen molar-refractivity contribution in [3.8, 4) is 0 Å². The molecular formula is C12H10BrClOS. The van der Waals surface area contributed by atoms with E-state index in [1.807, 2.05) is 29.0 Å². The molecule has 0 saturated heterocycles. The van der Waals surface area contributed by atoms with Gasteiger partial charge >= 0.3 is 0 Å². The fraction of sp³-hybridized carbons (Fsp3) is 0.167. The Morgan fingerprint density at radius 1 is 1.38 bits per heavy atom. The van der Waals surface area contributed by atoms with Crippen LogP contribution in [0.25, 0.3) is 0 Å². The van der Waals surface area contributed by atoms with Crippen LogP contribution in [0.3, 0.4) is 0 Å². The van der Waals surface area contributed by atoms with E-state index in [0.29, 0.717) is 11.4 Å². The SMILES string of the molecule is OC(Cc1ccsc1)c1cc(Br)ccc1Cl. The van der Waals surface area contributed by atoms with Crippen molar-refractivity contribution in [2.75, 3.05) is 0 Å². The highest BCUT2D eigenvalue weighted by Gasteiger charge is 2.12. The van der Waals surface area contributed by atoms with Gasteiger partial charge in [-0.3, -0.25) is 0 Å². The van der Waals surface area contributed by atoms with Gasteiger partial charge in [-0.05, 0) is 40.6 Å². The zero-order valence-electron chi connectivity index (χ0n) is 8.36. The lowest BCUT2D eigenvalue weighted by Gasteiger charge is -2.12. The van der Waals surface area contributed by atoms with Crippen molar-refractivity contribution < 1.29 is 5.11 Å². The molecule has 1 nitrogen and oxygen atoms in total. The molecule has 2 rings (SSSR count). The first-order chi connectivity index (χ1) is 7.66. The molecule has 0 radical (unpaired) electrons. The summed E-state index contributed by atoms with van der Waals surface area (Å²) in [4.78, 5) is 0. The molecule has 1 aromatic heterocycles. The Hall–Kier alpha value is -0.350. The van der Waals surface area contributed by atoms with E-state index in [4.69, 9.17) is 11.6 Å². The largest absolute Gasteiger partial charge is 0.388 e. The van der Waals surface area contributed by atoms with Gasteiger partial charge in [-0.15, -0.1) is 0 Å². The van der Waals surface area contributed by atoms with E-state index in [-0.39, 0.29) is 0 Å². The minimum atomic E-state index is -0.556. The van der Waals surface area contributed by atoms with Gasteiger partial charge in [-0.1, -0.05) is 27.5 Å². The molecule has 0 aliphatic carbocycles. The maximum Gasteiger partial charge on any atom is 0.0845 e. The molecule has 1 N–H and O–H groups in total. The molecule has 0 spiro atoms. The standard InChI is InChI=1S/C12H10BrClOS/c13-9-1-2-11(14)10(6-9)12(15)5-8-3-4-16-7-8/h1-4,6-7,12,15H,5H2. The molecule has 0 aliphatic heterocycles. The Labute approximate surface area is 112 Å². The summed E-state index contributed by atoms with van der Waals surface area (Å²) >= 11 is 11.1. The lowest BCUT2D eigenvalue weighted by molar-refractivity contribution is 0.178. The van der Waals surface area contributed by atoms with E-state index in [2.05, 4.69) is 15.9 Å². The molecule has 16 heavy (non-hydrogen) atoms. The smallest absolute Gasteiger partial charge is 0.0845 e. The average Bonchev–Trinajstić information content (AvgIpc) is 2.74. The van der Waals surface area contributed by atoms with Crippen LogP contribution < -0.4 is 0 Å². The summed E-state index contributed by atoms with van der Waals surface area (Å²) in [6.07, 6.45) is 0.0410. The summed E-state index contributed by atoms with van der Waals surface area (Å²) < 4.78 is 0.927. The summed E-state index contributed by atoms with van der Waals surface area (Å²) in [5.41, 5.74) is 1.90. The third kappa shape index (κ3) is 2.86. The lowest BCUT2D eigenvalue weighted by atomic mass is 10.0. The van der Waals surface area contributed by atoms with E-state index in [0.717, 1.165) is 15.6 Å². The molecule has 1 unspecified atom stereocenters. The van der Waals surface area contributed by atoms with Gasteiger partial charge in [0.05, 0.1) is 6.10 Å². The summed E-state index contributed by atoms with van der Waals surface area (Å²) in [7, 11) is 0. The van der Waals surface area contributed by atoms with Crippen molar-refractivity contribution in [1.82, 2.24) is 0 Å². The van der Waals surface area contributed by atoms with Crippen molar-refractivity contribution in [2.45, 2.75) is 12.5 Å². The van der Waals surface area contributed by atoms with Crippen molar-refractivity contribution in [2.24, 2.45) is 0 Å². The van der Waals surface area contributed by atoms with Crippen molar-refractivity contribution >= 4 is 38.9 Å². The third-order valence-corrected chi connectivity index (χ3v) is 3.90. The summed E-state index contributed by atoms with van der Waals surface area (Å²) in [5.74, 6) is 0. The van der Waals surface area contributed by atoms with Gasteiger partial charge < -0.3 is 5.11 Å². The van der Waals surface area contributed by atoms with Crippen LogP contribution in [0.1, 0.15) is 17.2 Å². The van der Waals surface area contributed by atoms with Gasteiger partial charge in [0.2, 0.25) is 0 Å². The quantitative estimate of drug-likeness (QED) is 0.887. The van der Waals surface area contributed by atoms with Crippen LogP contribution in [-0.2, 0) is 6.42 Å². The number of rotatable bonds is 3. The monoisotopic (exact) mass is 316 g/mol. The van der Waals surface area contributed by atoms with Crippen LogP contribution in [0.4, 0.5) is 0 Å². The summed E-state index contributed by atoms with van der Waals surface area (Å²) in [5, 5.41) is 14.7. The first-order valence-corrected chi connectivity index (χ1v) is 6.92. The minimum absolute atomic E-state index is 0.556. The Bertz CT molecular complexity index is 470. The van der Waals surface area contributed by atoms with E-state index in [1.165, 1.54) is 0 Å². The molecule has 2 aromatic rings. The topological polar surface area (TPSA) is 20.2 Å². The number of benzene rings is 1. The molecule has 1 aromatic carbocycles. The Morgan fingerprint density at radius 3 is 2.88 bits per heavy atom. The average molecular weight is 318 g/mol. The maximum absolute atomic E-state index is 10.1. The van der Waals surface area contributed by atoms with Crippen molar-refractivity contribution in [3.63, 3.8) is 0 Å². The van der Waals surface area contributed by atoms with Crippen molar-refractivity contribution in [1.29, 1.82) is 0 Å². The maximum atomic E-state index is 10.1. The van der Waals surface area contributed by atoms with Gasteiger partial charge in [-0.25, -0.2) is 0 Å². The number of aliphatic hydroxyl groups excluding tert-OH is 1. The van der Waals surface area contributed by atoms with Crippen LogP contribution in [0.5, 0.6) is 0 Å². The molecule has 84 valence electrons. The fourth-order valence-electron chi connectivity index (χ4n) is 1.51. The predicted molar refractivity (Wildman–Crippen MR) is 72.1 cm³/mol. The zero-order valence-corrected chi connectivity index (χ0v) is 11.5. The minimum Gasteiger partial charge on any atom is -0.388 e. The zero-order chi connectivity index (χ0) is 11.5. The highest BCUT2D eigenvalue weighted by atomic mass is 79.9. The summed E-state index contributed by atoms with van der Waals surface area (Å²) in [6.45, 7) is 0. The second-order valence-electron chi connectivity index (χ2n) is 3.52. The molecule has 0 amide bonds. The van der Waals surface area contributed by atoms with E-state index >= 15 is 0 Å². The number of halogens is 2. The highest BCUT2D eigenvalue weighted by molar-refractivity contribution is 9.10. The van der Waals surface area contributed by atoms with Crippen LogP contribution in [0.2, 0.25) is 5.02 Å². The molecular weight excluding hydrogens is 308 g/mol. The van der Waals surface area contributed by atoms with Crippen molar-refractivity contribution in [3.05, 3.63) is 55.6 Å². The first-order valence-electron chi connectivity index (χ1n) is 4.81. The van der Waals surface area contributed by atoms with E-state index in [1.54, 1.807) is 17.4 Å². The number of hydrogen-bond donors (Lipinski definition) is 1. The number of aliphatic hydroxyl groups is 1. The Balaban J connectivity index is 2.20. The molecule has 1 heterocycles. The third-order valence-electron chi connectivity index (χ3n) is 2.33. The van der Waals surface area contributed by atoms with E-state index in [9.17, 15) is 5.11 Å². The second kappa shape index (κ2) is 5.32. The van der Waals surface area contributed by atoms with Crippen LogP contribution in [0, 0.1) is 0 Å². The first kappa shape index (κ1) is 12.1. The van der Waals surface area contributed by atoms with Crippen LogP contribution >= 0.6 is 38.9 Å². The van der Waals surface area contributed by atoms with Crippen LogP contribution in [-0.4, -0.2) is 5.11 Å². The van der Waals surface area contributed by atoms with Gasteiger partial charge in [0, 0.05) is 21.5 Å². The Kier molecular flexibility index (Phi) is 4.03. The number of hydrogen-bond acceptors (Lipinski definition) is 2. The lowest BCUT2D eigenvalue weighted by Crippen LogP contribution is -2.01. The molecule has 0 fully saturated rings. The molecule has 4 heteroatoms. The van der Waals surface area contributed by atoms with E-state index < -0.39 is 6.10 Å². The molecule has 0 bridgehead atoms. The Morgan fingerprint density at radius 2 is 2.19 bits per heavy atom. The van der Waals surface area contributed by atoms with Gasteiger partial charge in [-0.2, -0.15) is 11.3 Å². The van der Waals surface area contributed by atoms with Gasteiger partial charge in [0.25, 0.3) is 0 Å². The number of thiophene rings is 1. The summed E-state index contributed by atoms with van der Waals surface area (Å²) in [6, 6.07) is 7.53. The molecule has 1 atom stereocenters. The predicted octanol–water partition coefficient (Wildman–Crippen LogP) is 4.44. The highest BCUT2D eigenvalue weighted by Crippen LogP contribution is 2.28. The molecule has 0 saturated carbocycles. The molecule has 0 aliphatic rings. The normalized spacial score (nSPS) is 12.7. The van der Waals surface area contributed by atoms with Crippen LogP contribution in [0.15, 0.2) is 39.5 Å². The second-order valence-corrected chi connectivity index (χ2v) is 5.62. The van der Waals surface area contributed by atoms with Gasteiger partial charge in [0.1, 0.15) is 0 Å². The van der Waals surface area contributed by atoms with Gasteiger partial charge in [0.15, 0.2) is 0 Å².